The van der Waals surface area contributed by atoms with Crippen molar-refractivity contribution in [3.63, 3.8) is 0 Å². The Hall–Kier alpha value is -2.90. The predicted octanol–water partition coefficient (Wildman–Crippen LogP) is -0.516. The van der Waals surface area contributed by atoms with Gasteiger partial charge in [-0.3, -0.25) is 19.4 Å². The molecule has 0 radical (unpaired) electrons. The molecule has 0 aromatic carbocycles. The first-order chi connectivity index (χ1) is 11.5. The third-order valence-electron chi connectivity index (χ3n) is 4.76. The summed E-state index contributed by atoms with van der Waals surface area (Å²) in [6, 6.07) is 6.32. The van der Waals surface area contributed by atoms with Crippen LogP contribution in [0, 0.1) is 5.92 Å². The van der Waals surface area contributed by atoms with Crippen LogP contribution in [0.2, 0.25) is 0 Å². The highest BCUT2D eigenvalue weighted by Crippen LogP contribution is 2.35. The van der Waals surface area contributed by atoms with E-state index in [0.29, 0.717) is 19.6 Å². The molecule has 1 amide bonds. The number of hydrogen-bond acceptors (Lipinski definition) is 4. The van der Waals surface area contributed by atoms with Gasteiger partial charge in [-0.15, -0.1) is 0 Å². The zero-order chi connectivity index (χ0) is 16.8. The lowest BCUT2D eigenvalue weighted by atomic mass is 9.83. The number of fused-ring (bicyclic) bond motifs is 4. The van der Waals surface area contributed by atoms with E-state index in [-0.39, 0.29) is 29.0 Å². The number of carbonyl (C=O) groups excluding carboxylic acids is 1. The molecule has 1 saturated heterocycles. The van der Waals surface area contributed by atoms with E-state index in [2.05, 4.69) is 9.97 Å². The summed E-state index contributed by atoms with van der Waals surface area (Å²) in [6.07, 6.45) is 0.930. The van der Waals surface area contributed by atoms with E-state index in [0.717, 1.165) is 18.2 Å². The normalized spacial score (nSPS) is 22.1. The SMILES string of the molecule is O=C(c1cc(=O)[nH]c(=O)[nH]1)N1CC2CC(C1)c1cccc(=O)n1C2. The third kappa shape index (κ3) is 2.40. The van der Waals surface area contributed by atoms with Crippen LogP contribution in [-0.4, -0.2) is 38.4 Å². The van der Waals surface area contributed by atoms with Gasteiger partial charge in [0.1, 0.15) is 5.69 Å². The standard InChI is InChI=1S/C16H16N4O4/c21-13-5-11(17-16(24)18-13)15(23)19-6-9-4-10(8-19)12-2-1-3-14(22)20(12)7-9/h1-3,5,9-10H,4,6-8H2,(H2,17,18,21,24). The molecule has 2 aromatic heterocycles. The van der Waals surface area contributed by atoms with E-state index < -0.39 is 11.2 Å². The molecule has 24 heavy (non-hydrogen) atoms. The molecule has 4 heterocycles. The van der Waals surface area contributed by atoms with Crippen molar-refractivity contribution in [3.8, 4) is 0 Å². The molecule has 0 spiro atoms. The fraction of sp³-hybridized carbons (Fsp3) is 0.375. The Morgan fingerprint density at radius 2 is 1.92 bits per heavy atom. The van der Waals surface area contributed by atoms with Gasteiger partial charge in [0.05, 0.1) is 0 Å². The van der Waals surface area contributed by atoms with Gasteiger partial charge < -0.3 is 14.5 Å². The molecular formula is C16H16N4O4. The first-order valence-electron chi connectivity index (χ1n) is 7.84. The average molecular weight is 328 g/mol. The number of carbonyl (C=O) groups is 1. The van der Waals surface area contributed by atoms with Gasteiger partial charge in [-0.2, -0.15) is 0 Å². The predicted molar refractivity (Wildman–Crippen MR) is 85.1 cm³/mol. The number of pyridine rings is 1. The van der Waals surface area contributed by atoms with Crippen molar-refractivity contribution in [1.82, 2.24) is 19.4 Å². The summed E-state index contributed by atoms with van der Waals surface area (Å²) in [6.45, 7) is 1.56. The Labute approximate surface area is 135 Å². The molecule has 2 aliphatic heterocycles. The molecule has 124 valence electrons. The highest BCUT2D eigenvalue weighted by molar-refractivity contribution is 5.92. The fourth-order valence-electron chi connectivity index (χ4n) is 3.82. The molecule has 4 rings (SSSR count). The number of aromatic amines is 2. The maximum absolute atomic E-state index is 12.6. The van der Waals surface area contributed by atoms with Gasteiger partial charge in [0.25, 0.3) is 17.0 Å². The first-order valence-corrected chi connectivity index (χ1v) is 7.84. The van der Waals surface area contributed by atoms with Crippen LogP contribution in [0.15, 0.2) is 38.6 Å². The van der Waals surface area contributed by atoms with Crippen molar-refractivity contribution in [1.29, 1.82) is 0 Å². The minimum absolute atomic E-state index is 0.00539. The number of aromatic nitrogens is 3. The average Bonchev–Trinajstić information content (AvgIpc) is 2.54. The molecule has 8 heteroatoms. The van der Waals surface area contributed by atoms with Gasteiger partial charge in [0.15, 0.2) is 0 Å². The molecule has 2 N–H and O–H groups in total. The van der Waals surface area contributed by atoms with E-state index in [1.807, 2.05) is 6.07 Å². The van der Waals surface area contributed by atoms with Gasteiger partial charge in [-0.25, -0.2) is 4.79 Å². The van der Waals surface area contributed by atoms with Crippen LogP contribution in [-0.2, 0) is 6.54 Å². The van der Waals surface area contributed by atoms with E-state index in [4.69, 9.17) is 0 Å². The summed E-state index contributed by atoms with van der Waals surface area (Å²) >= 11 is 0. The van der Waals surface area contributed by atoms with Crippen molar-refractivity contribution in [2.24, 2.45) is 5.92 Å². The van der Waals surface area contributed by atoms with Crippen LogP contribution in [0.1, 0.15) is 28.5 Å². The van der Waals surface area contributed by atoms with Crippen molar-refractivity contribution >= 4 is 5.91 Å². The van der Waals surface area contributed by atoms with Crippen LogP contribution in [0.5, 0.6) is 0 Å². The summed E-state index contributed by atoms with van der Waals surface area (Å²) in [5.74, 6) is -0.0854. The molecule has 8 nitrogen and oxygen atoms in total. The number of amides is 1. The zero-order valence-electron chi connectivity index (χ0n) is 12.8. The number of piperidine rings is 1. The fourth-order valence-corrected chi connectivity index (χ4v) is 3.82. The second-order valence-corrected chi connectivity index (χ2v) is 6.41. The molecule has 2 unspecified atom stereocenters. The third-order valence-corrected chi connectivity index (χ3v) is 4.76. The molecule has 2 bridgehead atoms. The van der Waals surface area contributed by atoms with Gasteiger partial charge >= 0.3 is 5.69 Å². The van der Waals surface area contributed by atoms with Crippen molar-refractivity contribution in [2.45, 2.75) is 18.9 Å². The van der Waals surface area contributed by atoms with Crippen LogP contribution >= 0.6 is 0 Å². The molecule has 1 fully saturated rings. The topological polar surface area (TPSA) is 108 Å². The van der Waals surface area contributed by atoms with Gasteiger partial charge in [0, 0.05) is 43.4 Å². The number of H-pyrrole nitrogens is 2. The van der Waals surface area contributed by atoms with Crippen molar-refractivity contribution < 1.29 is 4.79 Å². The van der Waals surface area contributed by atoms with E-state index >= 15 is 0 Å². The van der Waals surface area contributed by atoms with Crippen LogP contribution in [0.25, 0.3) is 0 Å². The molecule has 0 aliphatic carbocycles. The smallest absolute Gasteiger partial charge is 0.326 e. The molecule has 0 saturated carbocycles. The Kier molecular flexibility index (Phi) is 3.26. The van der Waals surface area contributed by atoms with E-state index in [9.17, 15) is 19.2 Å². The maximum atomic E-state index is 12.6. The van der Waals surface area contributed by atoms with Crippen LogP contribution in [0.3, 0.4) is 0 Å². The molecular weight excluding hydrogens is 312 g/mol. The largest absolute Gasteiger partial charge is 0.336 e. The number of nitrogens with zero attached hydrogens (tertiary/aromatic N) is 2. The van der Waals surface area contributed by atoms with E-state index in [1.165, 1.54) is 0 Å². The summed E-state index contributed by atoms with van der Waals surface area (Å²) < 4.78 is 1.79. The van der Waals surface area contributed by atoms with Gasteiger partial charge in [-0.05, 0) is 18.4 Å². The Morgan fingerprint density at radius 1 is 1.08 bits per heavy atom. The first kappa shape index (κ1) is 14.7. The lowest BCUT2D eigenvalue weighted by Gasteiger charge is -2.42. The lowest BCUT2D eigenvalue weighted by Crippen LogP contribution is -2.49. The Bertz CT molecular complexity index is 958. The number of nitrogens with one attached hydrogen (secondary N) is 2. The number of rotatable bonds is 1. The number of likely N-dealkylation sites (tertiary alicyclic amines) is 1. The second kappa shape index (κ2) is 5.33. The second-order valence-electron chi connectivity index (χ2n) is 6.41. The summed E-state index contributed by atoms with van der Waals surface area (Å²) in [7, 11) is 0. The quantitative estimate of drug-likeness (QED) is 0.734. The summed E-state index contributed by atoms with van der Waals surface area (Å²) in [4.78, 5) is 53.5. The summed E-state index contributed by atoms with van der Waals surface area (Å²) in [5.41, 5.74) is -0.373. The Morgan fingerprint density at radius 3 is 2.71 bits per heavy atom. The Balaban J connectivity index is 1.66. The highest BCUT2D eigenvalue weighted by Gasteiger charge is 2.36. The lowest BCUT2D eigenvalue weighted by molar-refractivity contribution is 0.0588. The maximum Gasteiger partial charge on any atom is 0.326 e. The van der Waals surface area contributed by atoms with Crippen LogP contribution < -0.4 is 16.8 Å². The molecule has 2 atom stereocenters. The monoisotopic (exact) mass is 328 g/mol. The molecule has 2 aliphatic rings. The van der Waals surface area contributed by atoms with Crippen LogP contribution in [0.4, 0.5) is 0 Å². The van der Waals surface area contributed by atoms with Gasteiger partial charge in [0.2, 0.25) is 0 Å². The number of hydrogen-bond donors (Lipinski definition) is 2. The molecule has 2 aromatic rings. The summed E-state index contributed by atoms with van der Waals surface area (Å²) in [5, 5.41) is 0. The van der Waals surface area contributed by atoms with E-state index in [1.54, 1.807) is 21.6 Å². The minimum Gasteiger partial charge on any atom is -0.336 e. The van der Waals surface area contributed by atoms with Crippen molar-refractivity contribution in [2.75, 3.05) is 13.1 Å². The zero-order valence-corrected chi connectivity index (χ0v) is 12.8. The minimum atomic E-state index is -0.694. The van der Waals surface area contributed by atoms with Crippen molar-refractivity contribution in [3.05, 3.63) is 66.8 Å². The van der Waals surface area contributed by atoms with Gasteiger partial charge in [-0.1, -0.05) is 6.07 Å². The highest BCUT2D eigenvalue weighted by atomic mass is 16.2.